The maximum Gasteiger partial charge on any atom is 0.417 e. The molecule has 1 aliphatic heterocycles. The number of amides is 1. The number of alkyl halides is 3. The Kier molecular flexibility index (Phi) is 5.59. The molecule has 2 N–H and O–H groups in total. The second-order valence-corrected chi connectivity index (χ2v) is 6.14. The molecule has 28 heavy (non-hydrogen) atoms. The van der Waals surface area contributed by atoms with Crippen LogP contribution in [0.15, 0.2) is 30.5 Å². The van der Waals surface area contributed by atoms with E-state index in [1.165, 1.54) is 19.2 Å². The second-order valence-electron chi connectivity index (χ2n) is 6.14. The molecule has 1 aromatic carbocycles. The second kappa shape index (κ2) is 7.93. The third kappa shape index (κ3) is 3.81. The van der Waals surface area contributed by atoms with Crippen molar-refractivity contribution in [3.05, 3.63) is 52.8 Å². The molecule has 2 aromatic rings. The number of hydrogen-bond donors (Lipinski definition) is 2. The van der Waals surface area contributed by atoms with Crippen LogP contribution in [-0.2, 0) is 6.18 Å². The number of nitrogens with one attached hydrogen (secondary N) is 2. The first-order valence-corrected chi connectivity index (χ1v) is 8.59. The van der Waals surface area contributed by atoms with Gasteiger partial charge in [-0.25, -0.2) is 0 Å². The molecule has 0 radical (unpaired) electrons. The molecule has 1 saturated heterocycles. The Morgan fingerprint density at radius 2 is 1.82 bits per heavy atom. The van der Waals surface area contributed by atoms with E-state index in [1.54, 1.807) is 4.90 Å². The van der Waals surface area contributed by atoms with Gasteiger partial charge in [0.25, 0.3) is 5.91 Å². The van der Waals surface area contributed by atoms with E-state index in [2.05, 4.69) is 20.8 Å². The number of halogens is 3. The van der Waals surface area contributed by atoms with E-state index in [0.717, 1.165) is 18.3 Å². The fraction of sp³-hybridized carbons (Fsp3) is 0.333. The van der Waals surface area contributed by atoms with Crippen LogP contribution < -0.4 is 15.5 Å². The minimum atomic E-state index is -4.69. The van der Waals surface area contributed by atoms with Gasteiger partial charge in [-0.05, 0) is 6.07 Å². The van der Waals surface area contributed by atoms with Crippen LogP contribution in [0.1, 0.15) is 32.0 Å². The average molecular weight is 393 g/mol. The molecule has 0 saturated carbocycles. The first-order chi connectivity index (χ1) is 13.3. The van der Waals surface area contributed by atoms with Gasteiger partial charge in [0.2, 0.25) is 0 Å². The number of hydrogen-bond acceptors (Lipinski definition) is 6. The molecular weight excluding hydrogens is 375 g/mol. The van der Waals surface area contributed by atoms with E-state index < -0.39 is 29.0 Å². The van der Waals surface area contributed by atoms with Crippen molar-refractivity contribution in [2.24, 2.45) is 0 Å². The van der Waals surface area contributed by atoms with Gasteiger partial charge in [0.05, 0.1) is 23.0 Å². The number of benzene rings is 1. The van der Waals surface area contributed by atoms with Crippen LogP contribution in [0.4, 0.5) is 18.9 Å². The van der Waals surface area contributed by atoms with Gasteiger partial charge in [0, 0.05) is 38.8 Å². The number of ketones is 1. The van der Waals surface area contributed by atoms with Crippen molar-refractivity contribution < 1.29 is 22.8 Å². The van der Waals surface area contributed by atoms with Gasteiger partial charge >= 0.3 is 6.18 Å². The molecule has 0 atom stereocenters. The summed E-state index contributed by atoms with van der Waals surface area (Å²) in [5.74, 6) is -1.43. The molecule has 0 unspecified atom stereocenters. The van der Waals surface area contributed by atoms with E-state index in [-0.39, 0.29) is 16.9 Å². The first kappa shape index (κ1) is 19.7. The van der Waals surface area contributed by atoms with E-state index in [9.17, 15) is 22.8 Å². The Bertz CT molecular complexity index is 895. The molecule has 148 valence electrons. The molecule has 7 nitrogen and oxygen atoms in total. The Morgan fingerprint density at radius 3 is 2.46 bits per heavy atom. The fourth-order valence-electron chi connectivity index (χ4n) is 3.10. The normalized spacial score (nSPS) is 14.6. The van der Waals surface area contributed by atoms with Gasteiger partial charge in [-0.2, -0.15) is 18.3 Å². The number of rotatable bonds is 4. The molecular formula is C18H18F3N5O2. The first-order valence-electron chi connectivity index (χ1n) is 8.59. The lowest BCUT2D eigenvalue weighted by atomic mass is 9.97. The van der Waals surface area contributed by atoms with Crippen molar-refractivity contribution in [2.75, 3.05) is 38.1 Å². The highest BCUT2D eigenvalue weighted by Crippen LogP contribution is 2.34. The summed E-state index contributed by atoms with van der Waals surface area (Å²) in [6.07, 6.45) is -3.58. The van der Waals surface area contributed by atoms with Crippen LogP contribution in [-0.4, -0.2) is 55.1 Å². The van der Waals surface area contributed by atoms with Crippen molar-refractivity contribution in [2.45, 2.75) is 6.18 Å². The maximum absolute atomic E-state index is 13.4. The lowest BCUT2D eigenvalue weighted by Gasteiger charge is -2.31. The highest BCUT2D eigenvalue weighted by Gasteiger charge is 2.36. The predicted molar refractivity (Wildman–Crippen MR) is 95.4 cm³/mol. The van der Waals surface area contributed by atoms with Gasteiger partial charge < -0.3 is 15.5 Å². The number of carbonyl (C=O) groups excluding carboxylic acids is 2. The largest absolute Gasteiger partial charge is 0.417 e. The molecule has 1 aromatic heterocycles. The molecule has 0 spiro atoms. The van der Waals surface area contributed by atoms with E-state index >= 15 is 0 Å². The summed E-state index contributed by atoms with van der Waals surface area (Å²) >= 11 is 0. The van der Waals surface area contributed by atoms with E-state index in [4.69, 9.17) is 0 Å². The van der Waals surface area contributed by atoms with Crippen molar-refractivity contribution in [1.82, 2.24) is 20.8 Å². The molecule has 1 amide bonds. The maximum atomic E-state index is 13.4. The number of piperazine rings is 1. The van der Waals surface area contributed by atoms with Gasteiger partial charge in [-0.1, -0.05) is 18.2 Å². The zero-order valence-electron chi connectivity index (χ0n) is 15.0. The summed E-state index contributed by atoms with van der Waals surface area (Å²) in [5, 5.41) is 13.1. The SMILES string of the molecule is CNC(=O)c1nncc(C(=O)c2ccccc2C(F)(F)F)c1N1CCNCC1. The smallest absolute Gasteiger partial charge is 0.366 e. The Morgan fingerprint density at radius 1 is 1.14 bits per heavy atom. The number of anilines is 1. The molecule has 0 aliphatic carbocycles. The van der Waals surface area contributed by atoms with Crippen LogP contribution in [0, 0.1) is 0 Å². The number of carbonyl (C=O) groups is 2. The van der Waals surface area contributed by atoms with Crippen molar-refractivity contribution in [1.29, 1.82) is 0 Å². The molecule has 1 aliphatic rings. The van der Waals surface area contributed by atoms with Gasteiger partial charge in [-0.3, -0.25) is 9.59 Å². The van der Waals surface area contributed by atoms with E-state index in [0.29, 0.717) is 26.2 Å². The molecule has 10 heteroatoms. The van der Waals surface area contributed by atoms with Crippen molar-refractivity contribution in [3.63, 3.8) is 0 Å². The lowest BCUT2D eigenvalue weighted by molar-refractivity contribution is -0.137. The van der Waals surface area contributed by atoms with E-state index in [1.807, 2.05) is 0 Å². The minimum Gasteiger partial charge on any atom is -0.366 e. The summed E-state index contributed by atoms with van der Waals surface area (Å²) in [6, 6.07) is 4.55. The summed E-state index contributed by atoms with van der Waals surface area (Å²) < 4.78 is 40.1. The van der Waals surface area contributed by atoms with Crippen LogP contribution in [0.5, 0.6) is 0 Å². The topological polar surface area (TPSA) is 87.2 Å². The number of nitrogens with zero attached hydrogens (tertiary/aromatic N) is 3. The molecule has 3 rings (SSSR count). The van der Waals surface area contributed by atoms with Gasteiger partial charge in [-0.15, -0.1) is 5.10 Å². The third-order valence-corrected chi connectivity index (χ3v) is 4.42. The van der Waals surface area contributed by atoms with Crippen LogP contribution >= 0.6 is 0 Å². The summed E-state index contributed by atoms with van der Waals surface area (Å²) in [6.45, 7) is 2.14. The highest BCUT2D eigenvalue weighted by molar-refractivity contribution is 6.15. The summed E-state index contributed by atoms with van der Waals surface area (Å²) in [5.41, 5.74) is -1.53. The van der Waals surface area contributed by atoms with Crippen LogP contribution in [0.3, 0.4) is 0 Å². The van der Waals surface area contributed by atoms with Crippen LogP contribution in [0.2, 0.25) is 0 Å². The monoisotopic (exact) mass is 393 g/mol. The average Bonchev–Trinajstić information content (AvgIpc) is 2.72. The lowest BCUT2D eigenvalue weighted by Crippen LogP contribution is -2.45. The Hall–Kier alpha value is -3.01. The molecule has 0 bridgehead atoms. The number of aromatic nitrogens is 2. The Labute approximate surface area is 158 Å². The Balaban J connectivity index is 2.17. The third-order valence-electron chi connectivity index (χ3n) is 4.42. The van der Waals surface area contributed by atoms with Gasteiger partial charge in [0.1, 0.15) is 0 Å². The zero-order valence-corrected chi connectivity index (χ0v) is 15.0. The minimum absolute atomic E-state index is 0.0906. The standard InChI is InChI=1S/C18H18F3N5O2/c1-22-17(28)14-15(26-8-6-23-7-9-26)12(10-24-25-14)16(27)11-4-2-3-5-13(11)18(19,20)21/h2-5,10,23H,6-9H2,1H3,(H,22,28). The predicted octanol–water partition coefficient (Wildman–Crippen LogP) is 1.50. The fourth-order valence-corrected chi connectivity index (χ4v) is 3.10. The molecule has 2 heterocycles. The van der Waals surface area contributed by atoms with Gasteiger partial charge in [0.15, 0.2) is 11.5 Å². The quantitative estimate of drug-likeness (QED) is 0.766. The summed E-state index contributed by atoms with van der Waals surface area (Å²) in [4.78, 5) is 27.1. The molecule has 1 fully saturated rings. The zero-order chi connectivity index (χ0) is 20.3. The van der Waals surface area contributed by atoms with Crippen molar-refractivity contribution >= 4 is 17.4 Å². The highest BCUT2D eigenvalue weighted by atomic mass is 19.4. The van der Waals surface area contributed by atoms with Crippen molar-refractivity contribution in [3.8, 4) is 0 Å². The summed E-state index contributed by atoms with van der Waals surface area (Å²) in [7, 11) is 1.40. The van der Waals surface area contributed by atoms with Crippen LogP contribution in [0.25, 0.3) is 0 Å².